The number of aromatic hydroxyl groups is 1. The number of hydrogen-bond acceptors (Lipinski definition) is 5. The van der Waals surface area contributed by atoms with Gasteiger partial charge >= 0.3 is 5.63 Å². The Morgan fingerprint density at radius 3 is 2.55 bits per heavy atom. The molecule has 0 spiro atoms. The number of fused-ring (bicyclic) bond motifs is 1. The van der Waals surface area contributed by atoms with E-state index in [2.05, 4.69) is 12.1 Å². The van der Waals surface area contributed by atoms with Gasteiger partial charge in [0.05, 0.1) is 12.2 Å². The Labute approximate surface area is 168 Å². The van der Waals surface area contributed by atoms with Crippen molar-refractivity contribution >= 4 is 11.0 Å². The average Bonchev–Trinajstić information content (AvgIpc) is 3.16. The standard InChI is InChI=1S/C24H22O5/c1-15-22(25)16(2)24(26)29-23(15)21-14-18-13-19(10-11-20(18)28-21)27-12-6-9-17-7-4-3-5-8-17/h3-5,7-8,10-11,13-14,25H,6,9,12H2,1-2H3. The Hall–Kier alpha value is -3.47. The Balaban J connectivity index is 1.50. The molecule has 1 N–H and O–H groups in total. The van der Waals surface area contributed by atoms with Crippen molar-refractivity contribution in [1.82, 2.24) is 0 Å². The fourth-order valence-corrected chi connectivity index (χ4v) is 3.30. The maximum Gasteiger partial charge on any atom is 0.343 e. The highest BCUT2D eigenvalue weighted by Gasteiger charge is 2.18. The third-order valence-corrected chi connectivity index (χ3v) is 4.98. The first-order valence-electron chi connectivity index (χ1n) is 9.57. The SMILES string of the molecule is Cc1c(-c2cc3cc(OCCCc4ccccc4)ccc3o2)oc(=O)c(C)c1O. The Bertz CT molecular complexity index is 1200. The summed E-state index contributed by atoms with van der Waals surface area (Å²) in [6.07, 6.45) is 1.89. The van der Waals surface area contributed by atoms with E-state index in [-0.39, 0.29) is 17.1 Å². The molecule has 0 aliphatic rings. The summed E-state index contributed by atoms with van der Waals surface area (Å²) >= 11 is 0. The van der Waals surface area contributed by atoms with E-state index in [9.17, 15) is 9.90 Å². The van der Waals surface area contributed by atoms with E-state index < -0.39 is 5.63 Å². The van der Waals surface area contributed by atoms with E-state index >= 15 is 0 Å². The molecule has 0 aliphatic heterocycles. The summed E-state index contributed by atoms with van der Waals surface area (Å²) in [6, 6.07) is 17.7. The predicted octanol–water partition coefficient (Wildman–Crippen LogP) is 5.39. The highest BCUT2D eigenvalue weighted by atomic mass is 16.5. The second kappa shape index (κ2) is 7.87. The van der Waals surface area contributed by atoms with Gasteiger partial charge in [-0.2, -0.15) is 0 Å². The molecule has 0 radical (unpaired) electrons. The molecule has 2 aromatic heterocycles. The van der Waals surface area contributed by atoms with E-state index in [1.54, 1.807) is 13.0 Å². The molecule has 0 saturated heterocycles. The minimum Gasteiger partial charge on any atom is -0.507 e. The zero-order valence-electron chi connectivity index (χ0n) is 16.4. The van der Waals surface area contributed by atoms with Gasteiger partial charge in [-0.25, -0.2) is 4.79 Å². The van der Waals surface area contributed by atoms with Crippen molar-refractivity contribution in [2.24, 2.45) is 0 Å². The van der Waals surface area contributed by atoms with Crippen LogP contribution in [0.15, 0.2) is 68.2 Å². The third kappa shape index (κ3) is 3.90. The van der Waals surface area contributed by atoms with Gasteiger partial charge in [0.2, 0.25) is 0 Å². The lowest BCUT2D eigenvalue weighted by molar-refractivity contribution is 0.311. The molecule has 0 aliphatic carbocycles. The quantitative estimate of drug-likeness (QED) is 0.447. The summed E-state index contributed by atoms with van der Waals surface area (Å²) in [7, 11) is 0. The number of rotatable bonds is 6. The van der Waals surface area contributed by atoms with Gasteiger partial charge in [-0.1, -0.05) is 30.3 Å². The van der Waals surface area contributed by atoms with Crippen molar-refractivity contribution in [2.45, 2.75) is 26.7 Å². The van der Waals surface area contributed by atoms with Crippen LogP contribution in [0, 0.1) is 13.8 Å². The molecular formula is C24H22O5. The molecule has 0 amide bonds. The van der Waals surface area contributed by atoms with E-state index in [1.165, 1.54) is 12.5 Å². The first-order valence-corrected chi connectivity index (χ1v) is 9.57. The number of ether oxygens (including phenoxy) is 1. The largest absolute Gasteiger partial charge is 0.507 e. The fraction of sp³-hybridized carbons (Fsp3) is 0.208. The normalized spacial score (nSPS) is 11.1. The van der Waals surface area contributed by atoms with Gasteiger partial charge in [-0.15, -0.1) is 0 Å². The first-order chi connectivity index (χ1) is 14.0. The van der Waals surface area contributed by atoms with Crippen LogP contribution in [0.1, 0.15) is 23.1 Å². The monoisotopic (exact) mass is 390 g/mol. The molecule has 0 unspecified atom stereocenters. The van der Waals surface area contributed by atoms with Crippen LogP contribution in [-0.2, 0) is 6.42 Å². The molecule has 0 fully saturated rings. The van der Waals surface area contributed by atoms with Crippen LogP contribution in [0.5, 0.6) is 11.5 Å². The van der Waals surface area contributed by atoms with Gasteiger partial charge in [0, 0.05) is 10.9 Å². The first kappa shape index (κ1) is 18.9. The zero-order valence-corrected chi connectivity index (χ0v) is 16.4. The van der Waals surface area contributed by atoms with E-state index in [0.717, 1.165) is 24.0 Å². The molecular weight excluding hydrogens is 368 g/mol. The van der Waals surface area contributed by atoms with Crippen molar-refractivity contribution in [1.29, 1.82) is 0 Å². The molecule has 5 heteroatoms. The molecule has 5 nitrogen and oxygen atoms in total. The van der Waals surface area contributed by atoms with Crippen LogP contribution in [0.25, 0.3) is 22.5 Å². The Morgan fingerprint density at radius 2 is 1.76 bits per heavy atom. The summed E-state index contributed by atoms with van der Waals surface area (Å²) < 4.78 is 17.0. The van der Waals surface area contributed by atoms with Crippen LogP contribution < -0.4 is 10.4 Å². The van der Waals surface area contributed by atoms with Crippen molar-refractivity contribution < 1.29 is 18.7 Å². The van der Waals surface area contributed by atoms with E-state index in [0.29, 0.717) is 23.5 Å². The predicted molar refractivity (Wildman–Crippen MR) is 112 cm³/mol. The second-order valence-electron chi connectivity index (χ2n) is 7.07. The summed E-state index contributed by atoms with van der Waals surface area (Å²) in [5.74, 6) is 1.31. The van der Waals surface area contributed by atoms with Crippen LogP contribution in [0.4, 0.5) is 0 Å². The maximum absolute atomic E-state index is 11.9. The molecule has 4 rings (SSSR count). The molecule has 0 saturated carbocycles. The number of hydrogen-bond donors (Lipinski definition) is 1. The number of benzene rings is 2. The molecule has 29 heavy (non-hydrogen) atoms. The lowest BCUT2D eigenvalue weighted by atomic mass is 10.1. The Kier molecular flexibility index (Phi) is 5.12. The van der Waals surface area contributed by atoms with E-state index in [1.807, 2.05) is 36.4 Å². The summed E-state index contributed by atoms with van der Waals surface area (Å²) in [4.78, 5) is 11.9. The Morgan fingerprint density at radius 1 is 0.966 bits per heavy atom. The second-order valence-corrected chi connectivity index (χ2v) is 7.07. The number of aryl methyl sites for hydroxylation is 1. The van der Waals surface area contributed by atoms with Crippen molar-refractivity contribution in [2.75, 3.05) is 6.61 Å². The smallest absolute Gasteiger partial charge is 0.343 e. The molecule has 148 valence electrons. The van der Waals surface area contributed by atoms with Crippen molar-refractivity contribution in [3.63, 3.8) is 0 Å². The van der Waals surface area contributed by atoms with Crippen molar-refractivity contribution in [3.05, 3.63) is 81.7 Å². The highest BCUT2D eigenvalue weighted by molar-refractivity contribution is 5.84. The van der Waals surface area contributed by atoms with Crippen LogP contribution in [0.2, 0.25) is 0 Å². The number of furan rings is 1. The maximum atomic E-state index is 11.9. The van der Waals surface area contributed by atoms with E-state index in [4.69, 9.17) is 13.6 Å². The van der Waals surface area contributed by atoms with Gasteiger partial charge in [0.15, 0.2) is 11.5 Å². The zero-order chi connectivity index (χ0) is 20.4. The van der Waals surface area contributed by atoms with Crippen molar-refractivity contribution in [3.8, 4) is 23.0 Å². The van der Waals surface area contributed by atoms with Crippen LogP contribution in [0.3, 0.4) is 0 Å². The molecule has 2 aromatic carbocycles. The van der Waals surface area contributed by atoms with Gasteiger partial charge in [0.1, 0.15) is 17.1 Å². The topological polar surface area (TPSA) is 72.8 Å². The van der Waals surface area contributed by atoms with Gasteiger partial charge in [-0.3, -0.25) is 0 Å². The summed E-state index contributed by atoms with van der Waals surface area (Å²) in [5, 5.41) is 11.0. The van der Waals surface area contributed by atoms with Crippen LogP contribution >= 0.6 is 0 Å². The lowest BCUT2D eigenvalue weighted by Crippen LogP contribution is -2.05. The molecule has 2 heterocycles. The van der Waals surface area contributed by atoms with Gasteiger partial charge in [0.25, 0.3) is 0 Å². The third-order valence-electron chi connectivity index (χ3n) is 4.98. The van der Waals surface area contributed by atoms with Crippen LogP contribution in [-0.4, -0.2) is 11.7 Å². The molecule has 0 atom stereocenters. The fourth-order valence-electron chi connectivity index (χ4n) is 3.30. The molecule has 4 aromatic rings. The highest BCUT2D eigenvalue weighted by Crippen LogP contribution is 2.34. The average molecular weight is 390 g/mol. The van der Waals surface area contributed by atoms with Gasteiger partial charge < -0.3 is 18.7 Å². The van der Waals surface area contributed by atoms with Gasteiger partial charge in [-0.05, 0) is 56.5 Å². The minimum atomic E-state index is -0.578. The molecule has 0 bridgehead atoms. The summed E-state index contributed by atoms with van der Waals surface area (Å²) in [5.41, 5.74) is 2.03. The summed E-state index contributed by atoms with van der Waals surface area (Å²) in [6.45, 7) is 3.83. The minimum absolute atomic E-state index is 0.0702. The lowest BCUT2D eigenvalue weighted by Gasteiger charge is -2.06.